The number of likely N-dealkylation sites (N-methyl/N-ethyl adjacent to an activating group) is 1. The summed E-state index contributed by atoms with van der Waals surface area (Å²) in [4.78, 5) is 2.43. The number of ether oxygens (including phenoxy) is 2. The molecule has 4 nitrogen and oxygen atoms in total. The van der Waals surface area contributed by atoms with E-state index in [1.807, 2.05) is 0 Å². The number of hydrogen-bond acceptors (Lipinski definition) is 4. The molecule has 2 fully saturated rings. The molecule has 2 saturated heterocycles. The van der Waals surface area contributed by atoms with Crippen molar-refractivity contribution in [2.24, 2.45) is 5.92 Å². The van der Waals surface area contributed by atoms with Crippen LogP contribution in [0.15, 0.2) is 0 Å². The monoisotopic (exact) mass is 284 g/mol. The minimum absolute atomic E-state index is 0.411. The average Bonchev–Trinajstić information content (AvgIpc) is 2.85. The van der Waals surface area contributed by atoms with Crippen molar-refractivity contribution in [3.05, 3.63) is 0 Å². The summed E-state index contributed by atoms with van der Waals surface area (Å²) < 4.78 is 11.7. The molecular weight excluding hydrogens is 252 g/mol. The van der Waals surface area contributed by atoms with Crippen LogP contribution in [0.25, 0.3) is 0 Å². The van der Waals surface area contributed by atoms with E-state index < -0.39 is 0 Å². The van der Waals surface area contributed by atoms with Crippen LogP contribution in [0.1, 0.15) is 39.5 Å². The van der Waals surface area contributed by atoms with Gasteiger partial charge in [-0.1, -0.05) is 13.8 Å². The van der Waals surface area contributed by atoms with Gasteiger partial charge in [0, 0.05) is 32.3 Å². The van der Waals surface area contributed by atoms with E-state index in [1.165, 1.54) is 25.7 Å². The van der Waals surface area contributed by atoms with Gasteiger partial charge in [0.1, 0.15) is 0 Å². The zero-order valence-electron chi connectivity index (χ0n) is 13.4. The van der Waals surface area contributed by atoms with Gasteiger partial charge in [0.2, 0.25) is 0 Å². The number of rotatable bonds is 7. The second-order valence-electron chi connectivity index (χ2n) is 6.82. The van der Waals surface area contributed by atoms with Crippen molar-refractivity contribution in [3.63, 3.8) is 0 Å². The predicted molar refractivity (Wildman–Crippen MR) is 82.1 cm³/mol. The molecule has 2 rings (SSSR count). The van der Waals surface area contributed by atoms with E-state index >= 15 is 0 Å². The molecule has 0 radical (unpaired) electrons. The van der Waals surface area contributed by atoms with Crippen LogP contribution in [0.2, 0.25) is 0 Å². The summed E-state index contributed by atoms with van der Waals surface area (Å²) in [5.74, 6) is 0.716. The highest BCUT2D eigenvalue weighted by Gasteiger charge is 2.26. The lowest BCUT2D eigenvalue weighted by molar-refractivity contribution is 0.0109. The molecule has 4 heteroatoms. The first-order valence-electron chi connectivity index (χ1n) is 8.28. The van der Waals surface area contributed by atoms with Gasteiger partial charge in [0.15, 0.2) is 0 Å². The van der Waals surface area contributed by atoms with Gasteiger partial charge in [-0.25, -0.2) is 0 Å². The first-order chi connectivity index (χ1) is 9.63. The number of nitrogens with one attached hydrogen (secondary N) is 1. The Labute approximate surface area is 124 Å². The SMILES string of the molecule is CC(C)NCC1CCC(CN(C)CC2CCCOC2)O1. The van der Waals surface area contributed by atoms with Crippen LogP contribution in [0, 0.1) is 5.92 Å². The molecule has 20 heavy (non-hydrogen) atoms. The molecule has 1 N–H and O–H groups in total. The molecule has 2 aliphatic rings. The fourth-order valence-electron chi connectivity index (χ4n) is 3.25. The van der Waals surface area contributed by atoms with Gasteiger partial charge in [0.05, 0.1) is 18.8 Å². The molecule has 3 atom stereocenters. The maximum atomic E-state index is 6.14. The highest BCUT2D eigenvalue weighted by Crippen LogP contribution is 2.21. The topological polar surface area (TPSA) is 33.7 Å². The van der Waals surface area contributed by atoms with Crippen LogP contribution < -0.4 is 5.32 Å². The Bertz CT molecular complexity index is 267. The quantitative estimate of drug-likeness (QED) is 0.774. The summed E-state index contributed by atoms with van der Waals surface area (Å²) in [5.41, 5.74) is 0. The third-order valence-corrected chi connectivity index (χ3v) is 4.29. The molecule has 0 aromatic heterocycles. The zero-order chi connectivity index (χ0) is 14.4. The molecule has 118 valence electrons. The lowest BCUT2D eigenvalue weighted by Gasteiger charge is -2.28. The standard InChI is InChI=1S/C16H32N2O2/c1-13(2)17-9-15-6-7-16(20-15)11-18(3)10-14-5-4-8-19-12-14/h13-17H,4-12H2,1-3H3. The maximum Gasteiger partial charge on any atom is 0.0707 e. The lowest BCUT2D eigenvalue weighted by Crippen LogP contribution is -2.37. The largest absolute Gasteiger partial charge is 0.381 e. The summed E-state index contributed by atoms with van der Waals surface area (Å²) in [5, 5.41) is 3.47. The van der Waals surface area contributed by atoms with E-state index in [0.29, 0.717) is 24.2 Å². The summed E-state index contributed by atoms with van der Waals surface area (Å²) in [6.45, 7) is 9.48. The van der Waals surface area contributed by atoms with Crippen molar-refractivity contribution in [1.29, 1.82) is 0 Å². The van der Waals surface area contributed by atoms with E-state index in [2.05, 4.69) is 31.1 Å². The highest BCUT2D eigenvalue weighted by molar-refractivity contribution is 4.78. The van der Waals surface area contributed by atoms with Crippen LogP contribution in [-0.2, 0) is 9.47 Å². The van der Waals surface area contributed by atoms with E-state index in [1.54, 1.807) is 0 Å². The Morgan fingerprint density at radius 3 is 2.65 bits per heavy atom. The summed E-state index contributed by atoms with van der Waals surface area (Å²) in [6, 6.07) is 0.548. The Balaban J connectivity index is 1.61. The van der Waals surface area contributed by atoms with Crippen LogP contribution in [0.5, 0.6) is 0 Å². The van der Waals surface area contributed by atoms with Gasteiger partial charge in [-0.3, -0.25) is 0 Å². The first kappa shape index (κ1) is 16.2. The number of hydrogen-bond donors (Lipinski definition) is 1. The normalized spacial score (nSPS) is 31.4. The van der Waals surface area contributed by atoms with Gasteiger partial charge in [-0.2, -0.15) is 0 Å². The van der Waals surface area contributed by atoms with Gasteiger partial charge >= 0.3 is 0 Å². The molecule has 0 aromatic rings. The molecule has 2 heterocycles. The Morgan fingerprint density at radius 1 is 1.15 bits per heavy atom. The molecule has 0 aliphatic carbocycles. The van der Waals surface area contributed by atoms with E-state index in [-0.39, 0.29) is 0 Å². The van der Waals surface area contributed by atoms with Crippen molar-refractivity contribution in [2.75, 3.05) is 39.9 Å². The van der Waals surface area contributed by atoms with Crippen LogP contribution in [0.3, 0.4) is 0 Å². The third kappa shape index (κ3) is 5.68. The highest BCUT2D eigenvalue weighted by atomic mass is 16.5. The molecule has 0 amide bonds. The van der Waals surface area contributed by atoms with Crippen molar-refractivity contribution in [2.45, 2.75) is 57.8 Å². The molecule has 0 spiro atoms. The zero-order valence-corrected chi connectivity index (χ0v) is 13.4. The van der Waals surface area contributed by atoms with Crippen molar-refractivity contribution in [3.8, 4) is 0 Å². The smallest absolute Gasteiger partial charge is 0.0707 e. The van der Waals surface area contributed by atoms with Crippen molar-refractivity contribution < 1.29 is 9.47 Å². The predicted octanol–water partition coefficient (Wildman–Crippen LogP) is 1.89. The molecule has 0 saturated carbocycles. The molecule has 2 aliphatic heterocycles. The maximum absolute atomic E-state index is 6.14. The average molecular weight is 284 g/mol. The minimum atomic E-state index is 0.411. The van der Waals surface area contributed by atoms with Gasteiger partial charge in [-0.15, -0.1) is 0 Å². The van der Waals surface area contributed by atoms with Gasteiger partial charge in [-0.05, 0) is 38.6 Å². The second-order valence-corrected chi connectivity index (χ2v) is 6.82. The van der Waals surface area contributed by atoms with Gasteiger partial charge < -0.3 is 19.7 Å². The van der Waals surface area contributed by atoms with Crippen LogP contribution in [-0.4, -0.2) is 63.0 Å². The summed E-state index contributed by atoms with van der Waals surface area (Å²) in [6.07, 6.45) is 5.77. The van der Waals surface area contributed by atoms with E-state index in [0.717, 1.165) is 32.8 Å². The second kappa shape index (κ2) is 8.32. The number of nitrogens with zero attached hydrogens (tertiary/aromatic N) is 1. The van der Waals surface area contributed by atoms with Crippen molar-refractivity contribution in [1.82, 2.24) is 10.2 Å². The Hall–Kier alpha value is -0.160. The fraction of sp³-hybridized carbons (Fsp3) is 1.00. The van der Waals surface area contributed by atoms with E-state index in [9.17, 15) is 0 Å². The first-order valence-corrected chi connectivity index (χ1v) is 8.28. The molecule has 0 bridgehead atoms. The molecule has 0 aromatic carbocycles. The summed E-state index contributed by atoms with van der Waals surface area (Å²) >= 11 is 0. The Morgan fingerprint density at radius 2 is 1.95 bits per heavy atom. The molecular formula is C16H32N2O2. The fourth-order valence-corrected chi connectivity index (χ4v) is 3.25. The van der Waals surface area contributed by atoms with Crippen LogP contribution in [0.4, 0.5) is 0 Å². The van der Waals surface area contributed by atoms with Gasteiger partial charge in [0.25, 0.3) is 0 Å². The molecule has 3 unspecified atom stereocenters. The minimum Gasteiger partial charge on any atom is -0.381 e. The Kier molecular flexibility index (Phi) is 6.75. The van der Waals surface area contributed by atoms with Crippen molar-refractivity contribution >= 4 is 0 Å². The summed E-state index contributed by atoms with van der Waals surface area (Å²) in [7, 11) is 2.22. The third-order valence-electron chi connectivity index (χ3n) is 4.29. The lowest BCUT2D eigenvalue weighted by atomic mass is 10.0. The van der Waals surface area contributed by atoms with Crippen LogP contribution >= 0.6 is 0 Å². The van der Waals surface area contributed by atoms with E-state index in [4.69, 9.17) is 9.47 Å².